The van der Waals surface area contributed by atoms with Crippen molar-refractivity contribution in [2.24, 2.45) is 0 Å². The second-order valence-corrected chi connectivity index (χ2v) is 20.2. The van der Waals surface area contributed by atoms with Gasteiger partial charge in [0.15, 0.2) is 0 Å². The first-order valence-corrected chi connectivity index (χ1v) is 19.7. The van der Waals surface area contributed by atoms with E-state index in [4.69, 9.17) is 42.1 Å². The summed E-state index contributed by atoms with van der Waals surface area (Å²) >= 11 is 12.4. The van der Waals surface area contributed by atoms with Crippen molar-refractivity contribution in [2.45, 2.75) is 63.5 Å². The lowest BCUT2D eigenvalue weighted by molar-refractivity contribution is 0.0523. The molecule has 2 aromatic carbocycles. The van der Waals surface area contributed by atoms with Crippen molar-refractivity contribution in [1.82, 2.24) is 15.3 Å². The number of methoxy groups -OCH3 is 1. The van der Waals surface area contributed by atoms with Crippen molar-refractivity contribution in [3.05, 3.63) is 64.0 Å². The predicted molar refractivity (Wildman–Crippen MR) is 173 cm³/mol. The first-order valence-electron chi connectivity index (χ1n) is 13.8. The molecule has 1 aromatic heterocycles. The molecule has 1 N–H and O–H groups in total. The van der Waals surface area contributed by atoms with E-state index in [0.29, 0.717) is 6.61 Å². The first kappa shape index (κ1) is 36.3. The molecular formula is C29H37Cl2FN4O7SSi. The number of halogens is 3. The molecular weight excluding hydrogens is 666 g/mol. The maximum atomic E-state index is 14.8. The number of rotatable bonds is 13. The third kappa shape index (κ3) is 10.4. The van der Waals surface area contributed by atoms with Crippen LogP contribution in [-0.2, 0) is 26.0 Å². The predicted octanol–water partition coefficient (Wildman–Crippen LogP) is 7.26. The number of nitrogens with zero attached hydrogens (tertiary/aromatic N) is 3. The Hall–Kier alpha value is -3.17. The summed E-state index contributed by atoms with van der Waals surface area (Å²) in [5, 5.41) is 2.39. The lowest BCUT2D eigenvalue weighted by Crippen LogP contribution is -2.35. The molecule has 0 saturated heterocycles. The van der Waals surface area contributed by atoms with Crippen LogP contribution in [0.15, 0.2) is 47.5 Å². The van der Waals surface area contributed by atoms with Crippen molar-refractivity contribution >= 4 is 53.2 Å². The summed E-state index contributed by atoms with van der Waals surface area (Å²) < 4.78 is 65.4. The Morgan fingerprint density at radius 2 is 1.84 bits per heavy atom. The van der Waals surface area contributed by atoms with E-state index >= 15 is 0 Å². The molecule has 0 bridgehead atoms. The van der Waals surface area contributed by atoms with Gasteiger partial charge in [0.05, 0.1) is 23.4 Å². The standard InChI is InChI=1S/C29H37Cl2FN4O7SSi/c1-29(2,3)43-28(37)34-16-19-11-12-20(15-22(19)32)42-24-17-33-26(27(35-24)40-4)36(18-41-13-14-45(5,6)7)44(38,39)23-10-8-9-21(30)25(23)31/h8-12,15,17H,13-14,16,18H2,1-7H3,(H,34,37). The van der Waals surface area contributed by atoms with E-state index in [2.05, 4.69) is 34.9 Å². The van der Waals surface area contributed by atoms with E-state index in [-0.39, 0.29) is 50.4 Å². The molecule has 45 heavy (non-hydrogen) atoms. The highest BCUT2D eigenvalue weighted by atomic mass is 35.5. The van der Waals surface area contributed by atoms with Gasteiger partial charge in [-0.25, -0.2) is 26.9 Å². The lowest BCUT2D eigenvalue weighted by atomic mass is 10.2. The molecule has 0 unspecified atom stereocenters. The van der Waals surface area contributed by atoms with E-state index in [0.717, 1.165) is 22.6 Å². The van der Waals surface area contributed by atoms with Crippen LogP contribution in [0.4, 0.5) is 15.0 Å². The highest BCUT2D eigenvalue weighted by molar-refractivity contribution is 7.93. The van der Waals surface area contributed by atoms with E-state index in [1.54, 1.807) is 20.8 Å². The largest absolute Gasteiger partial charge is 0.478 e. The van der Waals surface area contributed by atoms with Crippen LogP contribution in [0.3, 0.4) is 0 Å². The fourth-order valence-electron chi connectivity index (χ4n) is 3.62. The zero-order chi connectivity index (χ0) is 33.6. The zero-order valence-electron chi connectivity index (χ0n) is 26.1. The van der Waals surface area contributed by atoms with Crippen molar-refractivity contribution in [3.63, 3.8) is 0 Å². The van der Waals surface area contributed by atoms with Crippen molar-refractivity contribution < 1.29 is 36.6 Å². The first-order chi connectivity index (χ1) is 20.9. The molecule has 0 aliphatic rings. The van der Waals surface area contributed by atoms with Gasteiger partial charge < -0.3 is 24.3 Å². The van der Waals surface area contributed by atoms with Gasteiger partial charge in [0.25, 0.3) is 15.9 Å². The number of hydrogen-bond acceptors (Lipinski definition) is 9. The molecule has 3 aromatic rings. The summed E-state index contributed by atoms with van der Waals surface area (Å²) in [6.45, 7) is 11.5. The van der Waals surface area contributed by atoms with Gasteiger partial charge in [-0.3, -0.25) is 0 Å². The number of ether oxygens (including phenoxy) is 4. The van der Waals surface area contributed by atoms with E-state index in [9.17, 15) is 17.6 Å². The van der Waals surface area contributed by atoms with Crippen LogP contribution in [0, 0.1) is 5.82 Å². The molecule has 0 aliphatic heterocycles. The van der Waals surface area contributed by atoms with Gasteiger partial charge in [-0.05, 0) is 45.0 Å². The zero-order valence-corrected chi connectivity index (χ0v) is 29.4. The molecule has 0 aliphatic carbocycles. The molecule has 3 rings (SSSR count). The average molecular weight is 704 g/mol. The second-order valence-electron chi connectivity index (χ2n) is 12.0. The number of benzene rings is 2. The normalized spacial score (nSPS) is 12.0. The molecule has 1 amide bonds. The van der Waals surface area contributed by atoms with Crippen LogP contribution >= 0.6 is 23.2 Å². The van der Waals surface area contributed by atoms with Gasteiger partial charge in [0, 0.05) is 32.9 Å². The van der Waals surface area contributed by atoms with Gasteiger partial charge in [0.1, 0.15) is 28.8 Å². The average Bonchev–Trinajstić information content (AvgIpc) is 2.92. The summed E-state index contributed by atoms with van der Waals surface area (Å²) in [6.07, 6.45) is 0.484. The van der Waals surface area contributed by atoms with Crippen LogP contribution in [0.1, 0.15) is 26.3 Å². The van der Waals surface area contributed by atoms with Crippen LogP contribution in [0.2, 0.25) is 35.7 Å². The van der Waals surface area contributed by atoms with Gasteiger partial charge in [-0.1, -0.05) is 55.0 Å². The third-order valence-electron chi connectivity index (χ3n) is 5.89. The Kier molecular flexibility index (Phi) is 12.1. The molecule has 0 radical (unpaired) electrons. The monoisotopic (exact) mass is 702 g/mol. The molecule has 0 spiro atoms. The minimum absolute atomic E-state index is 0.0537. The van der Waals surface area contributed by atoms with Crippen LogP contribution < -0.4 is 19.1 Å². The molecule has 0 saturated carbocycles. The summed E-state index contributed by atoms with van der Waals surface area (Å²) in [5.74, 6) is -1.08. The molecule has 16 heteroatoms. The fourth-order valence-corrected chi connectivity index (χ4v) is 6.41. The topological polar surface area (TPSA) is 129 Å². The van der Waals surface area contributed by atoms with Crippen LogP contribution in [0.5, 0.6) is 17.5 Å². The number of carbonyl (C=O) groups excluding carboxylic acids is 1. The maximum absolute atomic E-state index is 14.8. The minimum Gasteiger partial charge on any atom is -0.478 e. The van der Waals surface area contributed by atoms with Crippen LogP contribution in [0.25, 0.3) is 0 Å². The Morgan fingerprint density at radius 3 is 2.47 bits per heavy atom. The second kappa shape index (κ2) is 14.9. The van der Waals surface area contributed by atoms with Gasteiger partial charge >= 0.3 is 6.09 Å². The maximum Gasteiger partial charge on any atom is 0.407 e. The van der Waals surface area contributed by atoms with Crippen LogP contribution in [-0.4, -0.2) is 58.6 Å². The SMILES string of the molecule is COc1nc(Oc2ccc(CNC(=O)OC(C)(C)C)c(F)c2)cnc1N(COCC[Si](C)(C)C)S(=O)(=O)c1cccc(Cl)c1Cl. The number of hydrogen-bond donors (Lipinski definition) is 1. The number of sulfonamides is 1. The van der Waals surface area contributed by atoms with E-state index < -0.39 is 42.3 Å². The number of amides is 1. The Balaban J connectivity index is 1.87. The number of alkyl carbamates (subject to hydrolysis) is 1. The van der Waals surface area contributed by atoms with Crippen molar-refractivity contribution in [3.8, 4) is 17.5 Å². The number of nitrogens with one attached hydrogen (secondary N) is 1. The minimum atomic E-state index is -4.37. The summed E-state index contributed by atoms with van der Waals surface area (Å²) in [6, 6.07) is 9.06. The fraction of sp³-hybridized carbons (Fsp3) is 0.414. The van der Waals surface area contributed by atoms with E-state index in [1.165, 1.54) is 37.4 Å². The number of aromatic nitrogens is 2. The number of anilines is 1. The van der Waals surface area contributed by atoms with Crippen molar-refractivity contribution in [1.29, 1.82) is 0 Å². The Bertz CT molecular complexity index is 1620. The highest BCUT2D eigenvalue weighted by Gasteiger charge is 2.32. The number of carbonyl (C=O) groups is 1. The molecule has 0 fully saturated rings. The van der Waals surface area contributed by atoms with Gasteiger partial charge in [0.2, 0.25) is 11.7 Å². The Labute approximate surface area is 274 Å². The molecule has 1 heterocycles. The van der Waals surface area contributed by atoms with Crippen molar-refractivity contribution in [2.75, 3.05) is 24.8 Å². The third-order valence-corrected chi connectivity index (χ3v) is 10.3. The molecule has 0 atom stereocenters. The lowest BCUT2D eigenvalue weighted by Gasteiger charge is -2.25. The Morgan fingerprint density at radius 1 is 1.13 bits per heavy atom. The molecule has 11 nitrogen and oxygen atoms in total. The summed E-state index contributed by atoms with van der Waals surface area (Å²) in [4.78, 5) is 20.2. The van der Waals surface area contributed by atoms with Gasteiger partial charge in [-0.15, -0.1) is 0 Å². The smallest absolute Gasteiger partial charge is 0.407 e. The summed E-state index contributed by atoms with van der Waals surface area (Å²) in [5.41, 5.74) is -0.496. The quantitative estimate of drug-likeness (QED) is 0.111. The highest BCUT2D eigenvalue weighted by Crippen LogP contribution is 2.36. The summed E-state index contributed by atoms with van der Waals surface area (Å²) in [7, 11) is -4.56. The van der Waals surface area contributed by atoms with E-state index in [1.807, 2.05) is 0 Å². The van der Waals surface area contributed by atoms with Gasteiger partial charge in [-0.2, -0.15) is 4.98 Å². The molecule has 246 valence electrons.